The molecule has 0 spiro atoms. The summed E-state index contributed by atoms with van der Waals surface area (Å²) in [6.07, 6.45) is -0.141. The van der Waals surface area contributed by atoms with Crippen LogP contribution in [0.1, 0.15) is 5.56 Å². The maximum absolute atomic E-state index is 13.1. The quantitative estimate of drug-likeness (QED) is 0.232. The smallest absolute Gasteiger partial charge is 0.310 e. The number of fused-ring (bicyclic) bond motifs is 1. The highest BCUT2D eigenvalue weighted by molar-refractivity contribution is 7.90. The third-order valence-electron chi connectivity index (χ3n) is 5.09. The molecule has 0 aliphatic rings. The molecule has 10 heteroatoms. The lowest BCUT2D eigenvalue weighted by Crippen LogP contribution is -2.16. The first kappa shape index (κ1) is 22.9. The number of benzene rings is 3. The van der Waals surface area contributed by atoms with Gasteiger partial charge in [0.15, 0.2) is 0 Å². The fourth-order valence-electron chi connectivity index (χ4n) is 3.49. The van der Waals surface area contributed by atoms with Crippen LogP contribution in [0.2, 0.25) is 0 Å². The average Bonchev–Trinajstić information content (AvgIpc) is 2.84. The van der Waals surface area contributed by atoms with Crippen molar-refractivity contribution >= 4 is 32.6 Å². The lowest BCUT2D eigenvalue weighted by Gasteiger charge is -2.13. The van der Waals surface area contributed by atoms with E-state index >= 15 is 0 Å². The van der Waals surface area contributed by atoms with Crippen molar-refractivity contribution in [3.05, 3.63) is 100 Å². The highest BCUT2D eigenvalue weighted by Gasteiger charge is 2.21. The van der Waals surface area contributed by atoms with Crippen molar-refractivity contribution in [2.24, 2.45) is 4.40 Å². The summed E-state index contributed by atoms with van der Waals surface area (Å²) in [5.41, 5.74) is 1.28. The summed E-state index contributed by atoms with van der Waals surface area (Å²) in [4.78, 5) is 22.3. The van der Waals surface area contributed by atoms with Crippen LogP contribution in [0, 0.1) is 10.1 Å². The van der Waals surface area contributed by atoms with Gasteiger partial charge in [0, 0.05) is 23.1 Å². The lowest BCUT2D eigenvalue weighted by molar-refractivity contribution is -0.384. The normalized spacial score (nSPS) is 12.0. The molecule has 4 rings (SSSR count). The molecule has 0 saturated heterocycles. The molecule has 3 aromatic carbocycles. The molecule has 9 nitrogen and oxygen atoms in total. The predicted molar refractivity (Wildman–Crippen MR) is 123 cm³/mol. The Morgan fingerprint density at radius 2 is 1.65 bits per heavy atom. The Bertz CT molecular complexity index is 1560. The van der Waals surface area contributed by atoms with Crippen LogP contribution >= 0.6 is 0 Å². The molecule has 0 unspecified atom stereocenters. The Kier molecular flexibility index (Phi) is 6.24. The topological polar surface area (TPSA) is 129 Å². The molecule has 1 aromatic heterocycles. The number of carbonyl (C=O) groups is 1. The maximum atomic E-state index is 13.1. The number of para-hydroxylation sites is 1. The van der Waals surface area contributed by atoms with Gasteiger partial charge in [-0.2, -0.15) is 8.42 Å². The van der Waals surface area contributed by atoms with E-state index in [1.54, 1.807) is 54.6 Å². The van der Waals surface area contributed by atoms with Crippen molar-refractivity contribution in [3.63, 3.8) is 0 Å². The number of nitrogens with zero attached hydrogens (tertiary/aromatic N) is 2. The summed E-state index contributed by atoms with van der Waals surface area (Å²) in [5, 5.41) is 11.5. The first-order valence-corrected chi connectivity index (χ1v) is 11.5. The van der Waals surface area contributed by atoms with Gasteiger partial charge in [-0.15, -0.1) is 4.40 Å². The minimum Gasteiger partial charge on any atom is -0.469 e. The van der Waals surface area contributed by atoms with Crippen LogP contribution in [0.15, 0.2) is 92.6 Å². The number of esters is 1. The Hall–Kier alpha value is -4.31. The third-order valence-corrected chi connectivity index (χ3v) is 6.37. The van der Waals surface area contributed by atoms with Gasteiger partial charge in [-0.05, 0) is 29.3 Å². The van der Waals surface area contributed by atoms with Gasteiger partial charge in [-0.3, -0.25) is 14.9 Å². The molecular formula is C24H18N2O7S. The lowest BCUT2D eigenvalue weighted by atomic mass is 9.96. The summed E-state index contributed by atoms with van der Waals surface area (Å²) < 4.78 is 40.9. The molecule has 0 fully saturated rings. The number of hydrogen-bond donors (Lipinski definition) is 0. The van der Waals surface area contributed by atoms with E-state index in [0.717, 1.165) is 24.3 Å². The Balaban J connectivity index is 2.04. The second kappa shape index (κ2) is 9.28. The molecule has 172 valence electrons. The maximum Gasteiger partial charge on any atom is 0.310 e. The predicted octanol–water partition coefficient (Wildman–Crippen LogP) is 4.01. The van der Waals surface area contributed by atoms with E-state index in [-0.39, 0.29) is 22.6 Å². The number of nitro groups is 1. The number of ether oxygens (including phenoxy) is 1. The molecule has 0 amide bonds. The van der Waals surface area contributed by atoms with Crippen molar-refractivity contribution in [3.8, 4) is 11.1 Å². The molecule has 0 aliphatic carbocycles. The van der Waals surface area contributed by atoms with Crippen LogP contribution in [0.25, 0.3) is 22.1 Å². The van der Waals surface area contributed by atoms with E-state index in [9.17, 15) is 23.3 Å². The molecule has 34 heavy (non-hydrogen) atoms. The number of carbonyl (C=O) groups excluding carboxylic acids is 1. The fraction of sp³-hybridized carbons (Fsp3) is 0.0833. The van der Waals surface area contributed by atoms with E-state index in [1.165, 1.54) is 7.11 Å². The molecule has 0 radical (unpaired) electrons. The summed E-state index contributed by atoms with van der Waals surface area (Å²) in [7, 11) is -3.05. The van der Waals surface area contributed by atoms with Crippen LogP contribution < -0.4 is 5.55 Å². The molecule has 1 heterocycles. The summed E-state index contributed by atoms with van der Waals surface area (Å²) in [6, 6.07) is 20.1. The van der Waals surface area contributed by atoms with Crippen molar-refractivity contribution in [2.45, 2.75) is 11.3 Å². The van der Waals surface area contributed by atoms with Crippen LogP contribution in [-0.4, -0.2) is 26.4 Å². The molecule has 0 aliphatic heterocycles. The van der Waals surface area contributed by atoms with Gasteiger partial charge in [0.2, 0.25) is 5.55 Å². The molecule has 0 N–H and O–H groups in total. The van der Waals surface area contributed by atoms with Crippen LogP contribution in [0.3, 0.4) is 0 Å². The number of rotatable bonds is 6. The van der Waals surface area contributed by atoms with Gasteiger partial charge in [0.1, 0.15) is 5.58 Å². The molecule has 0 atom stereocenters. The van der Waals surface area contributed by atoms with Crippen LogP contribution in [-0.2, 0) is 26.0 Å². The van der Waals surface area contributed by atoms with E-state index < -0.39 is 20.9 Å². The van der Waals surface area contributed by atoms with Crippen molar-refractivity contribution in [1.82, 2.24) is 0 Å². The minimum atomic E-state index is -4.31. The average molecular weight is 478 g/mol. The van der Waals surface area contributed by atoms with E-state index in [4.69, 9.17) is 9.15 Å². The third kappa shape index (κ3) is 4.57. The number of nitro benzene ring substituents is 1. The summed E-state index contributed by atoms with van der Waals surface area (Å²) >= 11 is 0. The number of sulfonamides is 1. The second-order valence-corrected chi connectivity index (χ2v) is 8.80. The van der Waals surface area contributed by atoms with Crippen molar-refractivity contribution in [1.29, 1.82) is 0 Å². The molecule has 4 aromatic rings. The van der Waals surface area contributed by atoms with Gasteiger partial charge in [0.25, 0.3) is 15.7 Å². The zero-order valence-electron chi connectivity index (χ0n) is 17.9. The Morgan fingerprint density at radius 1 is 1.00 bits per heavy atom. The summed E-state index contributed by atoms with van der Waals surface area (Å²) in [6.45, 7) is 0. The van der Waals surface area contributed by atoms with E-state index in [0.29, 0.717) is 27.7 Å². The standard InChI is InChI=1S/C24H18N2O7S/c1-32-22(27)15-20-19-9-5-6-10-21(19)33-24(23(20)16-7-3-2-4-8-16)25-34(30,31)18-13-11-17(12-14-18)26(28)29/h2-14H,15H2,1H3/b25-24+. The molecule has 0 saturated carbocycles. The minimum absolute atomic E-state index is 0.141. The fourth-order valence-corrected chi connectivity index (χ4v) is 4.42. The molecular weight excluding hydrogens is 460 g/mol. The summed E-state index contributed by atoms with van der Waals surface area (Å²) in [5.74, 6) is -0.516. The van der Waals surface area contributed by atoms with Gasteiger partial charge in [-0.1, -0.05) is 48.5 Å². The van der Waals surface area contributed by atoms with Crippen molar-refractivity contribution in [2.75, 3.05) is 7.11 Å². The largest absolute Gasteiger partial charge is 0.469 e. The zero-order valence-corrected chi connectivity index (χ0v) is 18.7. The monoisotopic (exact) mass is 478 g/mol. The first-order valence-electron chi connectivity index (χ1n) is 10.0. The number of methoxy groups -OCH3 is 1. The number of non-ortho nitro benzene ring substituents is 1. The van der Waals surface area contributed by atoms with Crippen molar-refractivity contribution < 1.29 is 27.3 Å². The highest BCUT2D eigenvalue weighted by atomic mass is 32.2. The molecule has 0 bridgehead atoms. The second-order valence-electron chi connectivity index (χ2n) is 7.19. The van der Waals surface area contributed by atoms with Gasteiger partial charge < -0.3 is 9.15 Å². The Morgan fingerprint density at radius 3 is 2.29 bits per heavy atom. The number of hydrogen-bond acceptors (Lipinski definition) is 7. The zero-order chi connectivity index (χ0) is 24.3. The van der Waals surface area contributed by atoms with Gasteiger partial charge in [0.05, 0.1) is 23.3 Å². The van der Waals surface area contributed by atoms with Gasteiger partial charge in [-0.25, -0.2) is 0 Å². The highest BCUT2D eigenvalue weighted by Crippen LogP contribution is 2.29. The Labute approximate surface area is 194 Å². The van der Waals surface area contributed by atoms with E-state index in [2.05, 4.69) is 4.40 Å². The van der Waals surface area contributed by atoms with Crippen LogP contribution in [0.4, 0.5) is 5.69 Å². The van der Waals surface area contributed by atoms with Crippen LogP contribution in [0.5, 0.6) is 0 Å². The first-order chi connectivity index (χ1) is 16.3. The SMILES string of the molecule is COC(=O)Cc1c(-c2ccccc2)/c(=N\S(=O)(=O)c2ccc([N+](=O)[O-])cc2)oc2ccccc12. The van der Waals surface area contributed by atoms with E-state index in [1.807, 2.05) is 0 Å². The van der Waals surface area contributed by atoms with Gasteiger partial charge >= 0.3 is 5.97 Å².